The van der Waals surface area contributed by atoms with E-state index in [2.05, 4.69) is 70.2 Å². The van der Waals surface area contributed by atoms with Crippen LogP contribution in [0.5, 0.6) is 0 Å². The summed E-state index contributed by atoms with van der Waals surface area (Å²) in [5.74, 6) is 2.12. The summed E-state index contributed by atoms with van der Waals surface area (Å²) in [5.41, 5.74) is 2.07. The average Bonchev–Trinajstić information content (AvgIpc) is 3.39. The zero-order valence-corrected chi connectivity index (χ0v) is 19.0. The SMILES string of the molecule is CC[Si](CC)(CC)OCCCC(C)(C1C=CC=C1)C1CCC2CC=CC=C21. The van der Waals surface area contributed by atoms with E-state index < -0.39 is 8.32 Å². The molecule has 0 N–H and O–H groups in total. The topological polar surface area (TPSA) is 9.23 Å². The molecule has 3 aliphatic carbocycles. The molecule has 3 aliphatic rings. The lowest BCUT2D eigenvalue weighted by atomic mass is 9.63. The first-order chi connectivity index (χ1) is 13.1. The predicted octanol–water partition coefficient (Wildman–Crippen LogP) is 7.45. The lowest BCUT2D eigenvalue weighted by Gasteiger charge is -2.42. The van der Waals surface area contributed by atoms with Gasteiger partial charge in [0.05, 0.1) is 0 Å². The van der Waals surface area contributed by atoms with Crippen molar-refractivity contribution in [1.29, 1.82) is 0 Å². The first kappa shape index (κ1) is 20.9. The van der Waals surface area contributed by atoms with Gasteiger partial charge in [-0.2, -0.15) is 0 Å². The molecule has 2 heteroatoms. The second-order valence-corrected chi connectivity index (χ2v) is 13.9. The molecule has 0 saturated heterocycles. The summed E-state index contributed by atoms with van der Waals surface area (Å²) >= 11 is 0. The highest BCUT2D eigenvalue weighted by molar-refractivity contribution is 6.73. The molecule has 3 atom stereocenters. The van der Waals surface area contributed by atoms with Gasteiger partial charge in [0.25, 0.3) is 0 Å². The molecule has 0 bridgehead atoms. The minimum atomic E-state index is -1.45. The Morgan fingerprint density at radius 1 is 1.04 bits per heavy atom. The van der Waals surface area contributed by atoms with Crippen LogP contribution in [0, 0.1) is 23.2 Å². The monoisotopic (exact) mass is 384 g/mol. The van der Waals surface area contributed by atoms with Crippen molar-refractivity contribution in [2.45, 2.75) is 77.9 Å². The molecule has 0 amide bonds. The van der Waals surface area contributed by atoms with E-state index >= 15 is 0 Å². The van der Waals surface area contributed by atoms with Crippen LogP contribution in [0.3, 0.4) is 0 Å². The van der Waals surface area contributed by atoms with Gasteiger partial charge in [-0.05, 0) is 67.5 Å². The first-order valence-corrected chi connectivity index (χ1v) is 14.0. The third-order valence-corrected chi connectivity index (χ3v) is 12.7. The fourth-order valence-electron chi connectivity index (χ4n) is 5.87. The van der Waals surface area contributed by atoms with Gasteiger partial charge in [0.2, 0.25) is 0 Å². The molecule has 0 aromatic carbocycles. The third-order valence-electron chi connectivity index (χ3n) is 8.03. The number of allylic oxidation sites excluding steroid dienone is 8. The van der Waals surface area contributed by atoms with E-state index in [1.54, 1.807) is 5.57 Å². The second kappa shape index (κ2) is 9.09. The summed E-state index contributed by atoms with van der Waals surface area (Å²) in [6.45, 7) is 10.5. The molecule has 1 nitrogen and oxygen atoms in total. The van der Waals surface area contributed by atoms with Crippen molar-refractivity contribution in [3.8, 4) is 0 Å². The van der Waals surface area contributed by atoms with Gasteiger partial charge in [0, 0.05) is 12.5 Å². The van der Waals surface area contributed by atoms with Gasteiger partial charge in [-0.15, -0.1) is 0 Å². The van der Waals surface area contributed by atoms with E-state index in [4.69, 9.17) is 4.43 Å². The van der Waals surface area contributed by atoms with Crippen LogP contribution < -0.4 is 0 Å². The van der Waals surface area contributed by atoms with Gasteiger partial charge in [0.1, 0.15) is 0 Å². The van der Waals surface area contributed by atoms with E-state index in [9.17, 15) is 0 Å². The van der Waals surface area contributed by atoms with Crippen LogP contribution in [0.1, 0.15) is 59.8 Å². The minimum Gasteiger partial charge on any atom is -0.417 e. The van der Waals surface area contributed by atoms with Crippen LogP contribution in [0.15, 0.2) is 48.1 Å². The molecule has 150 valence electrons. The standard InChI is InChI=1S/C25H40OSi/c1-5-27(6-2,7-3)26-20-12-19-25(4,22-14-9-10-15-22)24-18-17-21-13-8-11-16-23(21)24/h8-11,14-16,21-22,24H,5-7,12-13,17-20H2,1-4H3. The van der Waals surface area contributed by atoms with Crippen LogP contribution in [0.2, 0.25) is 18.1 Å². The lowest BCUT2D eigenvalue weighted by molar-refractivity contribution is 0.142. The number of fused-ring (bicyclic) bond motifs is 1. The van der Waals surface area contributed by atoms with Crippen molar-refractivity contribution in [2.75, 3.05) is 6.61 Å². The number of hydrogen-bond acceptors (Lipinski definition) is 1. The first-order valence-electron chi connectivity index (χ1n) is 11.4. The van der Waals surface area contributed by atoms with Crippen molar-refractivity contribution in [1.82, 2.24) is 0 Å². The van der Waals surface area contributed by atoms with Crippen LogP contribution in [-0.2, 0) is 4.43 Å². The van der Waals surface area contributed by atoms with Crippen molar-refractivity contribution in [3.05, 3.63) is 48.1 Å². The summed E-state index contributed by atoms with van der Waals surface area (Å²) in [5, 5.41) is 0. The van der Waals surface area contributed by atoms with Gasteiger partial charge in [-0.3, -0.25) is 0 Å². The number of hydrogen-bond donors (Lipinski definition) is 0. The Morgan fingerprint density at radius 3 is 2.41 bits per heavy atom. The highest BCUT2D eigenvalue weighted by Crippen LogP contribution is 2.55. The zero-order chi connectivity index (χ0) is 19.3. The summed E-state index contributed by atoms with van der Waals surface area (Å²) in [4.78, 5) is 0. The molecular weight excluding hydrogens is 344 g/mol. The van der Waals surface area contributed by atoms with Gasteiger partial charge in [0.15, 0.2) is 8.32 Å². The van der Waals surface area contributed by atoms with E-state index in [0.717, 1.165) is 18.4 Å². The van der Waals surface area contributed by atoms with E-state index in [1.165, 1.54) is 50.2 Å². The van der Waals surface area contributed by atoms with Gasteiger partial charge in [-0.1, -0.05) is 75.8 Å². The molecule has 0 aromatic rings. The maximum atomic E-state index is 6.58. The maximum Gasteiger partial charge on any atom is 0.191 e. The van der Waals surface area contributed by atoms with Crippen molar-refractivity contribution < 1.29 is 4.43 Å². The molecule has 0 aliphatic heterocycles. The van der Waals surface area contributed by atoms with Crippen molar-refractivity contribution in [2.24, 2.45) is 23.2 Å². The van der Waals surface area contributed by atoms with Crippen LogP contribution in [0.25, 0.3) is 0 Å². The predicted molar refractivity (Wildman–Crippen MR) is 120 cm³/mol. The zero-order valence-electron chi connectivity index (χ0n) is 18.0. The lowest BCUT2D eigenvalue weighted by Crippen LogP contribution is -2.37. The molecule has 1 fully saturated rings. The van der Waals surface area contributed by atoms with Crippen LogP contribution in [0.4, 0.5) is 0 Å². The van der Waals surface area contributed by atoms with E-state index in [0.29, 0.717) is 11.3 Å². The van der Waals surface area contributed by atoms with Gasteiger partial charge >= 0.3 is 0 Å². The molecular formula is C25H40OSi. The highest BCUT2D eigenvalue weighted by atomic mass is 28.4. The second-order valence-electron chi connectivity index (χ2n) is 9.15. The molecule has 0 spiro atoms. The smallest absolute Gasteiger partial charge is 0.191 e. The number of rotatable bonds is 10. The third kappa shape index (κ3) is 4.27. The summed E-state index contributed by atoms with van der Waals surface area (Å²) in [7, 11) is -1.45. The summed E-state index contributed by atoms with van der Waals surface area (Å²) in [6, 6.07) is 3.78. The fourth-order valence-corrected chi connectivity index (χ4v) is 8.56. The highest BCUT2D eigenvalue weighted by Gasteiger charge is 2.45. The minimum absolute atomic E-state index is 0.327. The van der Waals surface area contributed by atoms with E-state index in [-0.39, 0.29) is 0 Å². The van der Waals surface area contributed by atoms with E-state index in [1.807, 2.05) is 0 Å². The Bertz CT molecular complexity index is 590. The Hall–Kier alpha value is -0.863. The van der Waals surface area contributed by atoms with Crippen molar-refractivity contribution >= 4 is 8.32 Å². The van der Waals surface area contributed by atoms with Crippen molar-refractivity contribution in [3.63, 3.8) is 0 Å². The Morgan fingerprint density at radius 2 is 1.74 bits per heavy atom. The Balaban J connectivity index is 1.69. The average molecular weight is 385 g/mol. The molecule has 0 radical (unpaired) electrons. The molecule has 3 unspecified atom stereocenters. The largest absolute Gasteiger partial charge is 0.417 e. The fraction of sp³-hybridized carbons (Fsp3) is 0.680. The normalized spacial score (nSPS) is 27.0. The molecule has 3 rings (SSSR count). The van der Waals surface area contributed by atoms with Crippen LogP contribution in [-0.4, -0.2) is 14.9 Å². The van der Waals surface area contributed by atoms with Gasteiger partial charge < -0.3 is 4.43 Å². The molecule has 0 heterocycles. The molecule has 0 aromatic heterocycles. The van der Waals surface area contributed by atoms with Gasteiger partial charge in [-0.25, -0.2) is 0 Å². The van der Waals surface area contributed by atoms with Crippen LogP contribution >= 0.6 is 0 Å². The summed E-state index contributed by atoms with van der Waals surface area (Å²) in [6.07, 6.45) is 23.0. The molecule has 27 heavy (non-hydrogen) atoms. The Kier molecular flexibility index (Phi) is 7.02. The Labute approximate surface area is 168 Å². The quantitative estimate of drug-likeness (QED) is 0.281. The maximum absolute atomic E-state index is 6.58. The molecule has 1 saturated carbocycles. The summed E-state index contributed by atoms with van der Waals surface area (Å²) < 4.78 is 6.58.